The second-order valence-electron chi connectivity index (χ2n) is 11.9. The maximum absolute atomic E-state index is 13.9. The van der Waals surface area contributed by atoms with Gasteiger partial charge in [-0.3, -0.25) is 9.59 Å². The molecule has 2 aromatic heterocycles. The minimum atomic E-state index is -1.22. The van der Waals surface area contributed by atoms with Crippen molar-refractivity contribution in [1.29, 1.82) is 0 Å². The monoisotopic (exact) mass is 626 g/mol. The highest BCUT2D eigenvalue weighted by atomic mass is 19.1. The molecule has 1 aliphatic heterocycles. The van der Waals surface area contributed by atoms with Crippen LogP contribution in [0.2, 0.25) is 0 Å². The number of hydrogen-bond acceptors (Lipinski definition) is 6. The summed E-state index contributed by atoms with van der Waals surface area (Å²) >= 11 is 0. The van der Waals surface area contributed by atoms with Gasteiger partial charge in [-0.2, -0.15) is 0 Å². The number of likely N-dealkylation sites (tertiary alicyclic amines) is 1. The number of halogens is 1. The van der Waals surface area contributed by atoms with E-state index in [1.165, 1.54) is 12.1 Å². The number of aromatic nitrogens is 4. The third kappa shape index (κ3) is 6.23. The first-order valence-corrected chi connectivity index (χ1v) is 15.3. The van der Waals surface area contributed by atoms with Gasteiger partial charge >= 0.3 is 0 Å². The summed E-state index contributed by atoms with van der Waals surface area (Å²) in [5.41, 5.74) is 4.49. The van der Waals surface area contributed by atoms with Crippen LogP contribution >= 0.6 is 0 Å². The Labute approximate surface area is 270 Å². The molecule has 0 spiro atoms. The Morgan fingerprint density at radius 2 is 1.64 bits per heavy atom. The van der Waals surface area contributed by atoms with Crippen LogP contribution in [0.15, 0.2) is 109 Å². The number of fused-ring (bicyclic) bond motifs is 1. The molecule has 10 heteroatoms. The summed E-state index contributed by atoms with van der Waals surface area (Å²) in [5.74, 6) is -0.792. The van der Waals surface area contributed by atoms with E-state index in [0.29, 0.717) is 57.6 Å². The lowest BCUT2D eigenvalue weighted by Crippen LogP contribution is -2.39. The van der Waals surface area contributed by atoms with E-state index in [1.807, 2.05) is 73.7 Å². The number of benzene rings is 4. The largest absolute Gasteiger partial charge is 0.386 e. The molecule has 6 aromatic rings. The Balaban J connectivity index is 1.08. The summed E-state index contributed by atoms with van der Waals surface area (Å²) < 4.78 is 15.2. The van der Waals surface area contributed by atoms with Crippen molar-refractivity contribution in [2.75, 3.05) is 18.4 Å². The van der Waals surface area contributed by atoms with Crippen LogP contribution in [0.1, 0.15) is 32.7 Å². The number of carbonyl (C=O) groups is 2. The van der Waals surface area contributed by atoms with E-state index < -0.39 is 5.60 Å². The first-order valence-electron chi connectivity index (χ1n) is 15.3. The van der Waals surface area contributed by atoms with E-state index in [0.717, 1.165) is 11.1 Å². The smallest absolute Gasteiger partial charge is 0.255 e. The minimum absolute atomic E-state index is 0.109. The van der Waals surface area contributed by atoms with Gasteiger partial charge in [0.05, 0.1) is 36.1 Å². The Morgan fingerprint density at radius 3 is 2.45 bits per heavy atom. The summed E-state index contributed by atoms with van der Waals surface area (Å²) in [7, 11) is 0. The molecule has 1 saturated heterocycles. The zero-order valence-corrected chi connectivity index (χ0v) is 25.6. The highest BCUT2D eigenvalue weighted by Crippen LogP contribution is 2.30. The average Bonchev–Trinajstić information content (AvgIpc) is 3.71. The topological polar surface area (TPSA) is 113 Å². The van der Waals surface area contributed by atoms with Gasteiger partial charge in [0.2, 0.25) is 0 Å². The first kappa shape index (κ1) is 29.9. The number of anilines is 1. The molecule has 7 rings (SSSR count). The van der Waals surface area contributed by atoms with Crippen LogP contribution in [0.5, 0.6) is 0 Å². The molecule has 0 aliphatic carbocycles. The Morgan fingerprint density at radius 1 is 0.894 bits per heavy atom. The van der Waals surface area contributed by atoms with E-state index >= 15 is 0 Å². The number of nitrogens with zero attached hydrogens (tertiary/aromatic N) is 5. The summed E-state index contributed by atoms with van der Waals surface area (Å²) in [6.45, 7) is 2.48. The van der Waals surface area contributed by atoms with Gasteiger partial charge in [-0.15, -0.1) is 5.10 Å². The predicted molar refractivity (Wildman–Crippen MR) is 177 cm³/mol. The number of β-amino-alcohol motifs (C(OH)–C–C–N with tert-alkyl or cyclic N) is 1. The van der Waals surface area contributed by atoms with Gasteiger partial charge in [-0.25, -0.2) is 14.1 Å². The molecule has 0 radical (unpaired) electrons. The maximum Gasteiger partial charge on any atom is 0.255 e. The quantitative estimate of drug-likeness (QED) is 0.220. The number of rotatable bonds is 7. The van der Waals surface area contributed by atoms with Crippen LogP contribution in [0.25, 0.3) is 33.4 Å². The van der Waals surface area contributed by atoms with E-state index in [2.05, 4.69) is 15.6 Å². The van der Waals surface area contributed by atoms with Gasteiger partial charge in [-0.1, -0.05) is 53.7 Å². The molecular formula is C37H31FN6O3. The molecule has 9 nitrogen and oxygen atoms in total. The first-order chi connectivity index (χ1) is 22.7. The van der Waals surface area contributed by atoms with E-state index in [-0.39, 0.29) is 30.7 Å². The summed E-state index contributed by atoms with van der Waals surface area (Å²) in [6, 6.07) is 29.9. The normalized spacial score (nSPS) is 16.0. The highest BCUT2D eigenvalue weighted by molar-refractivity contribution is 6.07. The molecule has 1 atom stereocenters. The lowest BCUT2D eigenvalue weighted by molar-refractivity contribution is 0.0267. The number of para-hydroxylation sites is 2. The van der Waals surface area contributed by atoms with E-state index in [9.17, 15) is 19.1 Å². The maximum atomic E-state index is 13.9. The van der Waals surface area contributed by atoms with Gasteiger partial charge < -0.3 is 15.3 Å². The van der Waals surface area contributed by atoms with E-state index in [1.54, 1.807) is 40.0 Å². The number of amides is 2. The van der Waals surface area contributed by atoms with Crippen LogP contribution in [0.3, 0.4) is 0 Å². The van der Waals surface area contributed by atoms with Crippen LogP contribution in [-0.4, -0.2) is 60.5 Å². The Bertz CT molecular complexity index is 2120. The standard InChI is InChI=1S/C37H31FN6O3/c1-24-11-12-26(19-30(24)35(45)39-28-7-3-2-4-8-28)34-21-44(42-41-34)23-37(47)17-18-43(22-37)36(46)31-20-33(25-13-15-27(38)16-14-25)40-32-10-6-5-9-29(31)32/h2-16,19-21,47H,17-18,22-23H2,1H3,(H,39,45). The number of aliphatic hydroxyl groups is 1. The number of hydrogen-bond donors (Lipinski definition) is 2. The molecule has 47 heavy (non-hydrogen) atoms. The van der Waals surface area contributed by atoms with Crippen molar-refractivity contribution in [2.45, 2.75) is 25.5 Å². The SMILES string of the molecule is Cc1ccc(-c2cn(CC3(O)CCN(C(=O)c4cc(-c5ccc(F)cc5)nc5ccccc45)C3)nn2)cc1C(=O)Nc1ccccc1. The third-order valence-corrected chi connectivity index (χ3v) is 8.51. The van der Waals surface area contributed by atoms with Crippen molar-refractivity contribution in [3.8, 4) is 22.5 Å². The predicted octanol–water partition coefficient (Wildman–Crippen LogP) is 6.14. The molecule has 0 bridgehead atoms. The molecule has 0 saturated carbocycles. The molecule has 1 unspecified atom stereocenters. The number of pyridine rings is 1. The summed E-state index contributed by atoms with van der Waals surface area (Å²) in [6.07, 6.45) is 2.09. The van der Waals surface area contributed by atoms with E-state index in [4.69, 9.17) is 4.98 Å². The van der Waals surface area contributed by atoms with Crippen molar-refractivity contribution >= 4 is 28.4 Å². The zero-order chi connectivity index (χ0) is 32.5. The number of aryl methyl sites for hydroxylation is 1. The number of carbonyl (C=O) groups excluding carboxylic acids is 2. The van der Waals surface area contributed by atoms with Crippen LogP contribution < -0.4 is 5.32 Å². The average molecular weight is 627 g/mol. The van der Waals surface area contributed by atoms with Crippen molar-refractivity contribution in [2.24, 2.45) is 0 Å². The van der Waals surface area contributed by atoms with Gasteiger partial charge in [-0.05, 0) is 73.5 Å². The third-order valence-electron chi connectivity index (χ3n) is 8.51. The zero-order valence-electron chi connectivity index (χ0n) is 25.6. The van der Waals surface area contributed by atoms with Gasteiger partial charge in [0.15, 0.2) is 0 Å². The Kier molecular flexibility index (Phi) is 7.79. The summed E-state index contributed by atoms with van der Waals surface area (Å²) in [5, 5.41) is 23.8. The lowest BCUT2D eigenvalue weighted by atomic mass is 10.0. The fraction of sp³-hybridized carbons (Fsp3) is 0.162. The molecule has 1 aliphatic rings. The summed E-state index contributed by atoms with van der Waals surface area (Å²) in [4.78, 5) is 33.3. The molecule has 234 valence electrons. The van der Waals surface area contributed by atoms with Crippen molar-refractivity contribution < 1.29 is 19.1 Å². The van der Waals surface area contributed by atoms with Crippen LogP contribution in [-0.2, 0) is 6.54 Å². The molecule has 1 fully saturated rings. The molecule has 4 aromatic carbocycles. The minimum Gasteiger partial charge on any atom is -0.386 e. The number of nitrogens with one attached hydrogen (secondary N) is 1. The van der Waals surface area contributed by atoms with Gasteiger partial charge in [0, 0.05) is 34.3 Å². The molecular weight excluding hydrogens is 595 g/mol. The highest BCUT2D eigenvalue weighted by Gasteiger charge is 2.39. The van der Waals surface area contributed by atoms with Crippen molar-refractivity contribution in [3.63, 3.8) is 0 Å². The van der Waals surface area contributed by atoms with Gasteiger partial charge in [0.1, 0.15) is 17.1 Å². The fourth-order valence-corrected chi connectivity index (χ4v) is 6.01. The second kappa shape index (κ2) is 12.2. The molecule has 2 amide bonds. The molecule has 3 heterocycles. The van der Waals surface area contributed by atoms with Gasteiger partial charge in [0.25, 0.3) is 11.8 Å². The fourth-order valence-electron chi connectivity index (χ4n) is 6.01. The van der Waals surface area contributed by atoms with Crippen molar-refractivity contribution in [1.82, 2.24) is 24.9 Å². The second-order valence-corrected chi connectivity index (χ2v) is 11.9. The van der Waals surface area contributed by atoms with Crippen molar-refractivity contribution in [3.05, 3.63) is 132 Å². The van der Waals surface area contributed by atoms with Crippen LogP contribution in [0.4, 0.5) is 10.1 Å². The Hall–Kier alpha value is -5.74. The van der Waals surface area contributed by atoms with Crippen LogP contribution in [0, 0.1) is 12.7 Å². The molecule has 2 N–H and O–H groups in total. The lowest BCUT2D eigenvalue weighted by Gasteiger charge is -2.23.